The molecule has 0 saturated carbocycles. The number of halogens is 1. The highest BCUT2D eigenvalue weighted by molar-refractivity contribution is 7.99. The zero-order valence-corrected chi connectivity index (χ0v) is 62.9. The molecule has 4 aliphatic heterocycles. The topological polar surface area (TPSA) is 270 Å². The lowest BCUT2D eigenvalue weighted by Crippen LogP contribution is -2.61. The number of nitrogens with zero attached hydrogens (tertiary/aromatic N) is 3. The first-order valence-corrected chi connectivity index (χ1v) is 36.9. The van der Waals surface area contributed by atoms with Gasteiger partial charge in [0.2, 0.25) is 0 Å². The molecule has 3 saturated heterocycles. The lowest BCUT2D eigenvalue weighted by Gasteiger charge is -2.49. The average Bonchev–Trinajstić information content (AvgIpc) is 0.787. The van der Waals surface area contributed by atoms with Crippen LogP contribution in [0.25, 0.3) is 0 Å². The molecule has 0 amide bonds. The Balaban J connectivity index is 0.000000475. The number of aliphatic hydroxyl groups excluding tert-OH is 2. The Kier molecular flexibility index (Phi) is 36.6. The predicted molar refractivity (Wildman–Crippen MR) is 373 cm³/mol. The summed E-state index contributed by atoms with van der Waals surface area (Å²) >= 11 is 1.88. The Morgan fingerprint density at radius 3 is 1.82 bits per heavy atom. The number of fused-ring (bicyclic) bond motifs is 2. The largest absolute Gasteiger partial charge is 0.459 e. The first kappa shape index (κ1) is 86.1. The molecule has 2 aromatic rings. The van der Waals surface area contributed by atoms with Crippen molar-refractivity contribution in [2.24, 2.45) is 23.7 Å². The van der Waals surface area contributed by atoms with Crippen molar-refractivity contribution in [3.63, 3.8) is 0 Å². The predicted octanol–water partition coefficient (Wildman–Crippen LogP) is 11.9. The van der Waals surface area contributed by atoms with Gasteiger partial charge in [-0.2, -0.15) is 8.42 Å². The van der Waals surface area contributed by atoms with Crippen LogP contribution in [0.15, 0.2) is 58.3 Å². The standard InChI is InChI=1S/C40H71NO14.C19H24N2S.C12H26O4S.ClH/c1-15-27-40(11,48)33(44)22(5)30(43)20(3)18-38(9,47)35(55-37-32(53-28(42)16-2)26(41(12)13)17-21(4)50-37)23(6)31(24(7)36(46)52-27)54-29-19-39(10,49-14)34(45)25(8)51-29;1-4-20(5-2)15(3)14-21-16-10-6-8-12-18(16)22-19-13-9-7-11-17(19)21;1-2-3-4-5-6-7-8-9-10-11-12-16-17(13,14)15;/h20-27,29,31-35,37,44-45,47-48H,15-19H2,1-14H3;6-13,15H,4-5,14H2,1-3H3;2-12H2,1H3,(H,13,14,15);1H. The highest BCUT2D eigenvalue weighted by Gasteiger charge is 2.54. The normalized spacial score (nSPS) is 32.6. The number of rotatable bonds is 26. The molecule has 21 nitrogen and oxygen atoms in total. The van der Waals surface area contributed by atoms with Gasteiger partial charge in [0.05, 0.1) is 71.7 Å². The number of Topliss-reactive ketones (excluding diaryl/α,β-unsaturated/α-hetero) is 1. The number of methoxy groups -OCH3 is 1. The van der Waals surface area contributed by atoms with E-state index in [0.29, 0.717) is 18.9 Å². The van der Waals surface area contributed by atoms with Crippen LogP contribution < -0.4 is 4.90 Å². The van der Waals surface area contributed by atoms with Gasteiger partial charge in [0.1, 0.15) is 23.6 Å². The second kappa shape index (κ2) is 40.4. The molecule has 5 N–H and O–H groups in total. The average molecular weight is 1410 g/mol. The van der Waals surface area contributed by atoms with Crippen molar-refractivity contribution in [3.05, 3.63) is 48.5 Å². The van der Waals surface area contributed by atoms with E-state index < -0.39 is 124 Å². The van der Waals surface area contributed by atoms with Gasteiger partial charge in [-0.1, -0.05) is 149 Å². The van der Waals surface area contributed by atoms with Crippen LogP contribution in [0.2, 0.25) is 0 Å². The minimum absolute atomic E-state index is 0. The second-order valence-corrected chi connectivity index (χ2v) is 29.6. The van der Waals surface area contributed by atoms with Crippen LogP contribution in [0.1, 0.15) is 200 Å². The maximum atomic E-state index is 14.2. The fraction of sp³-hybridized carbons (Fsp3) is 0.789. The molecule has 24 heteroatoms. The molecule has 0 radical (unpaired) electrons. The summed E-state index contributed by atoms with van der Waals surface area (Å²) in [7, 11) is 0.973. The smallest absolute Gasteiger partial charge is 0.397 e. The molecule has 0 spiro atoms. The monoisotopic (exact) mass is 1400 g/mol. The molecular weight excluding hydrogens is 1280 g/mol. The molecule has 19 atom stereocenters. The first-order chi connectivity index (χ1) is 44.2. The zero-order valence-electron chi connectivity index (χ0n) is 60.4. The van der Waals surface area contributed by atoms with Gasteiger partial charge in [-0.15, -0.1) is 12.4 Å². The number of unbranched alkanes of at least 4 members (excludes halogenated alkanes) is 9. The number of anilines is 2. The van der Waals surface area contributed by atoms with Crippen LogP contribution in [0.4, 0.5) is 11.4 Å². The lowest BCUT2D eigenvalue weighted by molar-refractivity contribution is -0.319. The molecule has 0 aromatic heterocycles. The third-order valence-electron chi connectivity index (χ3n) is 19.5. The van der Waals surface area contributed by atoms with E-state index in [1.165, 1.54) is 94.0 Å². The molecule has 0 aliphatic carbocycles. The quantitative estimate of drug-likeness (QED) is 0.0333. The van der Waals surface area contributed by atoms with Crippen LogP contribution in [-0.4, -0.2) is 199 Å². The fourth-order valence-corrected chi connectivity index (χ4v) is 15.1. The molecule has 19 unspecified atom stereocenters. The van der Waals surface area contributed by atoms with Crippen LogP contribution in [0.5, 0.6) is 0 Å². The number of cyclic esters (lactones) is 1. The van der Waals surface area contributed by atoms with Gasteiger partial charge in [0.25, 0.3) is 0 Å². The van der Waals surface area contributed by atoms with E-state index in [2.05, 4.69) is 90.2 Å². The molecule has 2 aromatic carbocycles. The van der Waals surface area contributed by atoms with Crippen LogP contribution in [0, 0.1) is 23.7 Å². The van der Waals surface area contributed by atoms with E-state index in [0.717, 1.165) is 32.5 Å². The van der Waals surface area contributed by atoms with Crippen molar-refractivity contribution < 1.29 is 85.1 Å². The number of ketones is 1. The van der Waals surface area contributed by atoms with Crippen LogP contribution >= 0.6 is 24.2 Å². The van der Waals surface area contributed by atoms with E-state index in [4.69, 9.17) is 37.7 Å². The van der Waals surface area contributed by atoms with Crippen molar-refractivity contribution in [2.45, 2.75) is 300 Å². The molecule has 6 rings (SSSR count). The molecule has 3 fully saturated rings. The summed E-state index contributed by atoms with van der Waals surface area (Å²) in [5.41, 5.74) is -2.25. The Hall–Kier alpha value is -3.08. The Morgan fingerprint density at radius 2 is 1.32 bits per heavy atom. The summed E-state index contributed by atoms with van der Waals surface area (Å²) in [4.78, 5) is 50.6. The van der Waals surface area contributed by atoms with Gasteiger partial charge in [-0.3, -0.25) is 23.8 Å². The third kappa shape index (κ3) is 24.9. The summed E-state index contributed by atoms with van der Waals surface area (Å²) < 4.78 is 76.6. The number of aliphatic hydroxyl groups is 4. The van der Waals surface area contributed by atoms with Gasteiger partial charge in [0, 0.05) is 60.1 Å². The number of carbonyl (C=O) groups excluding carboxylic acids is 3. The number of hydrogen-bond donors (Lipinski definition) is 5. The van der Waals surface area contributed by atoms with Gasteiger partial charge in [-0.05, 0) is 126 Å². The molecule has 548 valence electrons. The van der Waals surface area contributed by atoms with Crippen molar-refractivity contribution >= 4 is 63.7 Å². The molecule has 0 bridgehead atoms. The molecular formula is C71H122ClN3O18S2. The van der Waals surface area contributed by atoms with Gasteiger partial charge in [-0.25, -0.2) is 4.18 Å². The molecule has 95 heavy (non-hydrogen) atoms. The van der Waals surface area contributed by atoms with Gasteiger partial charge in [0.15, 0.2) is 18.7 Å². The maximum Gasteiger partial charge on any atom is 0.397 e. The second-order valence-electron chi connectivity index (χ2n) is 27.4. The first-order valence-electron chi connectivity index (χ1n) is 34.7. The van der Waals surface area contributed by atoms with Crippen LogP contribution in [0.3, 0.4) is 0 Å². The number of carbonyl (C=O) groups is 3. The van der Waals surface area contributed by atoms with Gasteiger partial charge < -0.3 is 63.4 Å². The Bertz CT molecular complexity index is 2660. The van der Waals surface area contributed by atoms with Crippen molar-refractivity contribution in [2.75, 3.05) is 52.3 Å². The van der Waals surface area contributed by atoms with Gasteiger partial charge >= 0.3 is 22.3 Å². The van der Waals surface area contributed by atoms with Crippen molar-refractivity contribution in [1.82, 2.24) is 9.80 Å². The van der Waals surface area contributed by atoms with E-state index in [-0.39, 0.29) is 56.8 Å². The van der Waals surface area contributed by atoms with Crippen molar-refractivity contribution in [1.29, 1.82) is 0 Å². The lowest BCUT2D eigenvalue weighted by atomic mass is 9.74. The number of esters is 2. The van der Waals surface area contributed by atoms with E-state index in [1.54, 1.807) is 48.5 Å². The minimum Gasteiger partial charge on any atom is -0.459 e. The number of hydrogen-bond acceptors (Lipinski definition) is 21. The summed E-state index contributed by atoms with van der Waals surface area (Å²) in [6.07, 6.45) is 2.17. The minimum atomic E-state index is -4.23. The number of benzene rings is 2. The summed E-state index contributed by atoms with van der Waals surface area (Å²) in [5.74, 6) is -5.59. The molecule has 4 aliphatic rings. The Labute approximate surface area is 580 Å². The van der Waals surface area contributed by atoms with Crippen LogP contribution in [-0.2, 0) is 62.1 Å². The number of para-hydroxylation sites is 2. The third-order valence-corrected chi connectivity index (χ3v) is 21.1. The van der Waals surface area contributed by atoms with E-state index in [1.807, 2.05) is 37.7 Å². The summed E-state index contributed by atoms with van der Waals surface area (Å²) in [5, 5.41) is 46.6. The molecule has 4 heterocycles. The maximum absolute atomic E-state index is 14.2. The highest BCUT2D eigenvalue weighted by Crippen LogP contribution is 2.48. The number of likely N-dealkylation sites (N-methyl/N-ethyl adjacent to an activating group) is 2. The zero-order chi connectivity index (χ0) is 70.5. The summed E-state index contributed by atoms with van der Waals surface area (Å²) in [6.45, 7) is 30.4. The Morgan fingerprint density at radius 1 is 0.768 bits per heavy atom. The fourth-order valence-electron chi connectivity index (χ4n) is 13.7. The SMILES string of the molecule is CCC(=O)OC1C(OC2C(C)C(OC3CC(C)(OC)C(O)C(C)O3)C(C)C(=O)OC(CC)C(C)(O)C(O)C(C)C(=O)C(C)CC2(C)O)OC(C)CC1N(C)C.CCCCCCCCCCCCOS(=O)(=O)O.CCN(CC)C(C)CN1c2ccccc2Sc2ccccc21.Cl. The van der Waals surface area contributed by atoms with E-state index in [9.17, 15) is 43.2 Å². The summed E-state index contributed by atoms with van der Waals surface area (Å²) in [6, 6.07) is 17.7. The number of ether oxygens (including phenoxy) is 7. The van der Waals surface area contributed by atoms with Crippen molar-refractivity contribution in [3.8, 4) is 0 Å². The highest BCUT2D eigenvalue weighted by atomic mass is 35.5. The van der Waals surface area contributed by atoms with E-state index >= 15 is 0 Å².